The predicted molar refractivity (Wildman–Crippen MR) is 106 cm³/mol. The van der Waals surface area contributed by atoms with E-state index in [0.717, 1.165) is 21.3 Å². The summed E-state index contributed by atoms with van der Waals surface area (Å²) in [5.74, 6) is -0.0809. The second-order valence-electron chi connectivity index (χ2n) is 6.64. The summed E-state index contributed by atoms with van der Waals surface area (Å²) in [7, 11) is 0. The quantitative estimate of drug-likeness (QED) is 0.726. The molecule has 4 rings (SSSR count). The number of aliphatic hydroxyl groups is 1. The first kappa shape index (κ1) is 17.9. The number of aryl methyl sites for hydroxylation is 1. The topological polar surface area (TPSA) is 88.7 Å². The van der Waals surface area contributed by atoms with Crippen LogP contribution in [-0.4, -0.2) is 46.8 Å². The number of amides is 1. The van der Waals surface area contributed by atoms with E-state index < -0.39 is 6.10 Å². The van der Waals surface area contributed by atoms with Gasteiger partial charge in [0.2, 0.25) is 0 Å². The molecule has 2 atom stereocenters. The molecule has 1 aromatic heterocycles. The van der Waals surface area contributed by atoms with Crippen LogP contribution in [0.15, 0.2) is 42.5 Å². The normalized spacial score (nSPS) is 20.1. The highest BCUT2D eigenvalue weighted by Crippen LogP contribution is 2.33. The number of carbonyl (C=O) groups is 1. The summed E-state index contributed by atoms with van der Waals surface area (Å²) in [5.41, 5.74) is 9.14. The minimum Gasteiger partial charge on any atom is -0.394 e. The number of ether oxygens (including phenoxy) is 1. The summed E-state index contributed by atoms with van der Waals surface area (Å²) >= 11 is 1.38. The number of benzene rings is 2. The summed E-state index contributed by atoms with van der Waals surface area (Å²) in [6, 6.07) is 13.1. The third kappa shape index (κ3) is 3.29. The van der Waals surface area contributed by atoms with E-state index in [1.807, 2.05) is 49.4 Å². The summed E-state index contributed by atoms with van der Waals surface area (Å²) in [6.45, 7) is 2.65. The first-order valence-electron chi connectivity index (χ1n) is 8.83. The number of hydrogen-bond acceptors (Lipinski definition) is 6. The van der Waals surface area contributed by atoms with Crippen LogP contribution in [0.4, 0.5) is 5.13 Å². The number of aliphatic hydroxyl groups excluding tert-OH is 1. The highest BCUT2D eigenvalue weighted by molar-refractivity contribution is 7.22. The summed E-state index contributed by atoms with van der Waals surface area (Å²) in [4.78, 5) is 19.5. The van der Waals surface area contributed by atoms with Crippen LogP contribution in [0.3, 0.4) is 0 Å². The number of rotatable bonds is 3. The molecule has 3 aromatic rings. The molecule has 2 aromatic carbocycles. The second kappa shape index (κ2) is 7.26. The van der Waals surface area contributed by atoms with Crippen LogP contribution in [0.2, 0.25) is 0 Å². The fourth-order valence-corrected chi connectivity index (χ4v) is 4.51. The van der Waals surface area contributed by atoms with Gasteiger partial charge in [-0.15, -0.1) is 0 Å². The predicted octanol–water partition coefficient (Wildman–Crippen LogP) is 2.76. The second-order valence-corrected chi connectivity index (χ2v) is 7.70. The van der Waals surface area contributed by atoms with Gasteiger partial charge in [0.25, 0.3) is 5.91 Å². The summed E-state index contributed by atoms with van der Waals surface area (Å²) in [6.07, 6.45) is -0.450. The van der Waals surface area contributed by atoms with Crippen molar-refractivity contribution < 1.29 is 14.6 Å². The third-order valence-electron chi connectivity index (χ3n) is 4.88. The smallest absolute Gasteiger partial charge is 0.254 e. The first-order chi connectivity index (χ1) is 13.1. The maximum atomic E-state index is 13.4. The largest absolute Gasteiger partial charge is 0.394 e. The Morgan fingerprint density at radius 2 is 2.15 bits per heavy atom. The Morgan fingerprint density at radius 3 is 2.89 bits per heavy atom. The molecular weight excluding hydrogens is 362 g/mol. The van der Waals surface area contributed by atoms with E-state index in [1.54, 1.807) is 4.90 Å². The van der Waals surface area contributed by atoms with Crippen molar-refractivity contribution in [2.45, 2.75) is 19.1 Å². The van der Waals surface area contributed by atoms with Crippen molar-refractivity contribution in [2.24, 2.45) is 0 Å². The van der Waals surface area contributed by atoms with Crippen LogP contribution in [0.1, 0.15) is 27.5 Å². The van der Waals surface area contributed by atoms with Gasteiger partial charge in [0.1, 0.15) is 6.10 Å². The molecule has 0 spiro atoms. The number of fused-ring (bicyclic) bond motifs is 1. The molecule has 0 unspecified atom stereocenters. The number of carbonyl (C=O) groups excluding carboxylic acids is 1. The van der Waals surface area contributed by atoms with Crippen LogP contribution in [0, 0.1) is 6.92 Å². The Morgan fingerprint density at radius 1 is 1.37 bits per heavy atom. The van der Waals surface area contributed by atoms with Crippen molar-refractivity contribution in [3.63, 3.8) is 0 Å². The molecule has 6 nitrogen and oxygen atoms in total. The zero-order valence-corrected chi connectivity index (χ0v) is 15.8. The monoisotopic (exact) mass is 383 g/mol. The number of thiazole rings is 1. The molecule has 7 heteroatoms. The molecule has 3 N–H and O–H groups in total. The Kier molecular flexibility index (Phi) is 4.82. The van der Waals surface area contributed by atoms with Crippen LogP contribution in [0.25, 0.3) is 10.2 Å². The van der Waals surface area contributed by atoms with Gasteiger partial charge >= 0.3 is 0 Å². The van der Waals surface area contributed by atoms with E-state index >= 15 is 0 Å². The number of nitrogens with zero attached hydrogens (tertiary/aromatic N) is 2. The Balaban J connectivity index is 1.74. The highest BCUT2D eigenvalue weighted by Gasteiger charge is 2.36. The Hall–Kier alpha value is -2.48. The lowest BCUT2D eigenvalue weighted by atomic mass is 9.97. The fraction of sp³-hybridized carbons (Fsp3) is 0.300. The standard InChI is InChI=1S/C20H21N3O3S/c1-12-9-14(10-16-17(12)22-20(21)27-16)19(25)23-7-8-26-15(11-24)18(23)13-5-3-2-4-6-13/h2-6,9-10,15,18,24H,7-8,11H2,1H3,(H2,21,22)/t15-,18-/m1/s1. The van der Waals surface area contributed by atoms with E-state index in [9.17, 15) is 9.90 Å². The lowest BCUT2D eigenvalue weighted by Crippen LogP contribution is -2.49. The van der Waals surface area contributed by atoms with Gasteiger partial charge in [0.15, 0.2) is 5.13 Å². The van der Waals surface area contributed by atoms with E-state index in [1.165, 1.54) is 11.3 Å². The molecule has 1 aliphatic heterocycles. The van der Waals surface area contributed by atoms with Gasteiger partial charge in [-0.3, -0.25) is 4.79 Å². The number of nitrogen functional groups attached to an aromatic ring is 1. The molecule has 0 bridgehead atoms. The molecule has 2 heterocycles. The molecule has 140 valence electrons. The summed E-state index contributed by atoms with van der Waals surface area (Å²) in [5, 5.41) is 10.3. The number of hydrogen-bond donors (Lipinski definition) is 2. The maximum absolute atomic E-state index is 13.4. The van der Waals surface area contributed by atoms with Gasteiger partial charge in [-0.2, -0.15) is 0 Å². The maximum Gasteiger partial charge on any atom is 0.254 e. The van der Waals surface area contributed by atoms with Crippen molar-refractivity contribution in [3.8, 4) is 0 Å². The Labute approximate surface area is 161 Å². The van der Waals surface area contributed by atoms with E-state index in [4.69, 9.17) is 10.5 Å². The number of nitrogens with two attached hydrogens (primary N) is 1. The summed E-state index contributed by atoms with van der Waals surface area (Å²) < 4.78 is 6.64. The van der Waals surface area contributed by atoms with Crippen molar-refractivity contribution in [3.05, 3.63) is 59.2 Å². The molecule has 0 radical (unpaired) electrons. The molecule has 0 aliphatic carbocycles. The third-order valence-corrected chi connectivity index (χ3v) is 5.71. The van der Waals surface area contributed by atoms with Crippen molar-refractivity contribution >= 4 is 32.6 Å². The minimum absolute atomic E-state index is 0.0809. The van der Waals surface area contributed by atoms with Gasteiger partial charge in [-0.1, -0.05) is 41.7 Å². The van der Waals surface area contributed by atoms with E-state index in [-0.39, 0.29) is 18.6 Å². The average Bonchev–Trinajstić information content (AvgIpc) is 3.08. The zero-order chi connectivity index (χ0) is 19.0. The lowest BCUT2D eigenvalue weighted by molar-refractivity contribution is -0.0811. The fourth-order valence-electron chi connectivity index (χ4n) is 3.66. The van der Waals surface area contributed by atoms with Gasteiger partial charge in [-0.25, -0.2) is 4.98 Å². The van der Waals surface area contributed by atoms with Gasteiger partial charge in [0.05, 0.1) is 29.5 Å². The first-order valence-corrected chi connectivity index (χ1v) is 9.65. The molecule has 1 aliphatic rings. The molecule has 1 fully saturated rings. The Bertz CT molecular complexity index is 973. The SMILES string of the molecule is Cc1cc(C(=O)N2CCO[C@H](CO)[C@H]2c2ccccc2)cc2sc(N)nc12. The molecular formula is C20H21N3O3S. The van der Waals surface area contributed by atoms with Gasteiger partial charge < -0.3 is 20.5 Å². The minimum atomic E-state index is -0.450. The van der Waals surface area contributed by atoms with Crippen LogP contribution in [0.5, 0.6) is 0 Å². The zero-order valence-electron chi connectivity index (χ0n) is 15.0. The molecule has 1 amide bonds. The molecule has 0 saturated carbocycles. The van der Waals surface area contributed by atoms with Crippen LogP contribution in [-0.2, 0) is 4.74 Å². The number of anilines is 1. The van der Waals surface area contributed by atoms with E-state index in [2.05, 4.69) is 4.98 Å². The highest BCUT2D eigenvalue weighted by atomic mass is 32.1. The van der Waals surface area contributed by atoms with Crippen LogP contribution < -0.4 is 5.73 Å². The van der Waals surface area contributed by atoms with Crippen molar-refractivity contribution in [2.75, 3.05) is 25.5 Å². The van der Waals surface area contributed by atoms with Gasteiger partial charge in [-0.05, 0) is 30.2 Å². The number of morpholine rings is 1. The van der Waals surface area contributed by atoms with Crippen molar-refractivity contribution in [1.82, 2.24) is 9.88 Å². The molecule has 1 saturated heterocycles. The van der Waals surface area contributed by atoms with Crippen molar-refractivity contribution in [1.29, 1.82) is 0 Å². The van der Waals surface area contributed by atoms with E-state index in [0.29, 0.717) is 23.8 Å². The van der Waals surface area contributed by atoms with Crippen LogP contribution >= 0.6 is 11.3 Å². The number of aromatic nitrogens is 1. The lowest BCUT2D eigenvalue weighted by Gasteiger charge is -2.41. The van der Waals surface area contributed by atoms with Gasteiger partial charge in [0, 0.05) is 12.1 Å². The average molecular weight is 383 g/mol. The molecule has 27 heavy (non-hydrogen) atoms.